The third-order valence-electron chi connectivity index (χ3n) is 3.79. The predicted octanol–water partition coefficient (Wildman–Crippen LogP) is 0.358. The zero-order chi connectivity index (χ0) is 11.5. The van der Waals surface area contributed by atoms with Gasteiger partial charge in [0, 0.05) is 19.6 Å². The first kappa shape index (κ1) is 11.9. The normalized spacial score (nSPS) is 29.4. The summed E-state index contributed by atoms with van der Waals surface area (Å²) in [6.07, 6.45) is 5.27. The second-order valence-electron chi connectivity index (χ2n) is 5.13. The van der Waals surface area contributed by atoms with Gasteiger partial charge in [-0.15, -0.1) is 0 Å². The van der Waals surface area contributed by atoms with Gasteiger partial charge in [-0.05, 0) is 31.6 Å². The van der Waals surface area contributed by atoms with Crippen LogP contribution in [0.1, 0.15) is 32.1 Å². The summed E-state index contributed by atoms with van der Waals surface area (Å²) in [6.45, 7) is 1.18. The van der Waals surface area contributed by atoms with Gasteiger partial charge in [-0.2, -0.15) is 0 Å². The fraction of sp³-hybridized carbons (Fsp3) is 0.917. The maximum absolute atomic E-state index is 11.7. The minimum Gasteiger partial charge on any atom is -0.393 e. The van der Waals surface area contributed by atoms with Gasteiger partial charge in [-0.3, -0.25) is 4.79 Å². The van der Waals surface area contributed by atoms with Crippen LogP contribution in [0.3, 0.4) is 0 Å². The van der Waals surface area contributed by atoms with Crippen LogP contribution in [0.5, 0.6) is 0 Å². The van der Waals surface area contributed by atoms with Crippen molar-refractivity contribution < 1.29 is 9.90 Å². The highest BCUT2D eigenvalue weighted by atomic mass is 16.3. The summed E-state index contributed by atoms with van der Waals surface area (Å²) >= 11 is 0. The maximum Gasteiger partial charge on any atom is 0.236 e. The van der Waals surface area contributed by atoms with Crippen LogP contribution in [0.4, 0.5) is 0 Å². The van der Waals surface area contributed by atoms with Gasteiger partial charge < -0.3 is 15.3 Å². The summed E-state index contributed by atoms with van der Waals surface area (Å²) in [6, 6.07) is 0.492. The molecule has 92 valence electrons. The van der Waals surface area contributed by atoms with E-state index in [1.807, 2.05) is 11.9 Å². The van der Waals surface area contributed by atoms with Crippen molar-refractivity contribution in [2.24, 2.45) is 5.92 Å². The number of hydrogen-bond donors (Lipinski definition) is 2. The number of carbonyl (C=O) groups excluding carboxylic acids is 1. The van der Waals surface area contributed by atoms with E-state index in [-0.39, 0.29) is 12.0 Å². The quantitative estimate of drug-likeness (QED) is 0.711. The minimum atomic E-state index is -0.163. The Kier molecular flexibility index (Phi) is 3.82. The highest BCUT2D eigenvalue weighted by Gasteiger charge is 2.29. The van der Waals surface area contributed by atoms with E-state index in [0.29, 0.717) is 18.5 Å². The summed E-state index contributed by atoms with van der Waals surface area (Å²) in [5.74, 6) is 0.522. The van der Waals surface area contributed by atoms with Crippen molar-refractivity contribution in [1.82, 2.24) is 10.2 Å². The number of hydrogen-bond acceptors (Lipinski definition) is 3. The number of nitrogens with zero attached hydrogens (tertiary/aromatic N) is 1. The lowest BCUT2D eigenvalue weighted by molar-refractivity contribution is -0.129. The lowest BCUT2D eigenvalue weighted by Gasteiger charge is -2.18. The average molecular weight is 226 g/mol. The Morgan fingerprint density at radius 3 is 2.69 bits per heavy atom. The van der Waals surface area contributed by atoms with Gasteiger partial charge in [0.05, 0.1) is 12.6 Å². The number of nitrogens with one attached hydrogen (secondary N) is 1. The van der Waals surface area contributed by atoms with Crippen LogP contribution in [0.25, 0.3) is 0 Å². The molecule has 2 N–H and O–H groups in total. The molecule has 2 unspecified atom stereocenters. The van der Waals surface area contributed by atoms with Crippen molar-refractivity contribution in [2.45, 2.75) is 44.2 Å². The summed E-state index contributed by atoms with van der Waals surface area (Å²) in [7, 11) is 1.88. The second-order valence-corrected chi connectivity index (χ2v) is 5.13. The Morgan fingerprint density at radius 1 is 1.38 bits per heavy atom. The van der Waals surface area contributed by atoms with E-state index in [1.54, 1.807) is 0 Å². The molecule has 1 amide bonds. The molecule has 0 aliphatic heterocycles. The molecule has 0 heterocycles. The SMILES string of the molecule is CN(C(=O)CNCC1CCCC1O)C1CC1. The summed E-state index contributed by atoms with van der Waals surface area (Å²) in [5, 5.41) is 12.8. The number of likely N-dealkylation sites (N-methyl/N-ethyl adjacent to an activating group) is 1. The Hall–Kier alpha value is -0.610. The topological polar surface area (TPSA) is 52.6 Å². The Bertz CT molecular complexity index is 253. The molecule has 0 aromatic heterocycles. The fourth-order valence-electron chi connectivity index (χ4n) is 2.41. The van der Waals surface area contributed by atoms with Crippen molar-refractivity contribution in [3.8, 4) is 0 Å². The minimum absolute atomic E-state index is 0.163. The lowest BCUT2D eigenvalue weighted by atomic mass is 10.1. The smallest absolute Gasteiger partial charge is 0.236 e. The summed E-state index contributed by atoms with van der Waals surface area (Å²) in [4.78, 5) is 13.5. The zero-order valence-electron chi connectivity index (χ0n) is 9.98. The molecule has 16 heavy (non-hydrogen) atoms. The molecule has 4 heteroatoms. The van der Waals surface area contributed by atoms with E-state index in [0.717, 1.165) is 38.6 Å². The first-order chi connectivity index (χ1) is 7.68. The van der Waals surface area contributed by atoms with Crippen LogP contribution in [-0.2, 0) is 4.79 Å². The zero-order valence-corrected chi connectivity index (χ0v) is 9.98. The summed E-state index contributed by atoms with van der Waals surface area (Å²) in [5.41, 5.74) is 0. The fourth-order valence-corrected chi connectivity index (χ4v) is 2.41. The highest BCUT2D eigenvalue weighted by molar-refractivity contribution is 5.78. The second kappa shape index (κ2) is 5.15. The van der Waals surface area contributed by atoms with Gasteiger partial charge in [-0.25, -0.2) is 0 Å². The Labute approximate surface area is 97.0 Å². The van der Waals surface area contributed by atoms with Crippen molar-refractivity contribution >= 4 is 5.91 Å². The van der Waals surface area contributed by atoms with Gasteiger partial charge in [0.1, 0.15) is 0 Å². The maximum atomic E-state index is 11.7. The standard InChI is InChI=1S/C12H22N2O2/c1-14(10-5-6-10)12(16)8-13-7-9-3-2-4-11(9)15/h9-11,13,15H,2-8H2,1H3. The molecule has 0 aromatic rings. The van der Waals surface area contributed by atoms with E-state index >= 15 is 0 Å². The predicted molar refractivity (Wildman–Crippen MR) is 62.0 cm³/mol. The van der Waals surface area contributed by atoms with E-state index in [9.17, 15) is 9.90 Å². The van der Waals surface area contributed by atoms with Crippen LogP contribution in [0.15, 0.2) is 0 Å². The van der Waals surface area contributed by atoms with Crippen LogP contribution in [-0.4, -0.2) is 48.2 Å². The van der Waals surface area contributed by atoms with Gasteiger partial charge in [0.25, 0.3) is 0 Å². The molecule has 0 radical (unpaired) electrons. The van der Waals surface area contributed by atoms with Gasteiger partial charge in [-0.1, -0.05) is 6.42 Å². The third kappa shape index (κ3) is 2.95. The molecule has 2 fully saturated rings. The first-order valence-corrected chi connectivity index (χ1v) is 6.33. The van der Waals surface area contributed by atoms with Crippen molar-refractivity contribution in [3.05, 3.63) is 0 Å². The third-order valence-corrected chi connectivity index (χ3v) is 3.79. The van der Waals surface area contributed by atoms with Crippen LogP contribution < -0.4 is 5.32 Å². The van der Waals surface area contributed by atoms with Gasteiger partial charge in [0.15, 0.2) is 0 Å². The molecule has 4 nitrogen and oxygen atoms in total. The van der Waals surface area contributed by atoms with Crippen molar-refractivity contribution in [3.63, 3.8) is 0 Å². The number of carbonyl (C=O) groups is 1. The summed E-state index contributed by atoms with van der Waals surface area (Å²) < 4.78 is 0. The van der Waals surface area contributed by atoms with Crippen LogP contribution in [0.2, 0.25) is 0 Å². The first-order valence-electron chi connectivity index (χ1n) is 6.33. The molecule has 2 saturated carbocycles. The molecule has 2 rings (SSSR count). The number of aliphatic hydroxyl groups excluding tert-OH is 1. The largest absolute Gasteiger partial charge is 0.393 e. The average Bonchev–Trinajstić information content (AvgIpc) is 3.03. The molecule has 0 spiro atoms. The number of rotatable bonds is 5. The van der Waals surface area contributed by atoms with E-state index in [2.05, 4.69) is 5.32 Å². The van der Waals surface area contributed by atoms with Crippen molar-refractivity contribution in [2.75, 3.05) is 20.1 Å². The molecule has 2 atom stereocenters. The Morgan fingerprint density at radius 2 is 2.12 bits per heavy atom. The number of aliphatic hydroxyl groups is 1. The molecule has 2 aliphatic carbocycles. The van der Waals surface area contributed by atoms with Crippen molar-refractivity contribution in [1.29, 1.82) is 0 Å². The molecule has 0 aromatic carbocycles. The molecule has 0 saturated heterocycles. The van der Waals surface area contributed by atoms with E-state index in [4.69, 9.17) is 0 Å². The Balaban J connectivity index is 1.61. The molecular weight excluding hydrogens is 204 g/mol. The van der Waals surface area contributed by atoms with Crippen LogP contribution >= 0.6 is 0 Å². The molecule has 2 aliphatic rings. The van der Waals surface area contributed by atoms with E-state index < -0.39 is 0 Å². The highest BCUT2D eigenvalue weighted by Crippen LogP contribution is 2.26. The van der Waals surface area contributed by atoms with Gasteiger partial charge in [0.2, 0.25) is 5.91 Å². The van der Waals surface area contributed by atoms with E-state index in [1.165, 1.54) is 0 Å². The number of amides is 1. The monoisotopic (exact) mass is 226 g/mol. The molecular formula is C12H22N2O2. The lowest BCUT2D eigenvalue weighted by Crippen LogP contribution is -2.39. The van der Waals surface area contributed by atoms with Crippen LogP contribution in [0, 0.1) is 5.92 Å². The molecule has 0 bridgehead atoms. The van der Waals surface area contributed by atoms with Gasteiger partial charge >= 0.3 is 0 Å².